The van der Waals surface area contributed by atoms with Gasteiger partial charge >= 0.3 is 5.97 Å². The second-order valence-electron chi connectivity index (χ2n) is 8.65. The molecule has 0 heterocycles. The number of carboxylic acids is 1. The number of benzene rings is 2. The monoisotopic (exact) mass is 540 g/mol. The zero-order chi connectivity index (χ0) is 26.9. The number of hydrogen-bond donors (Lipinski definition) is 5. The number of aliphatic hydroxyl groups excluding tert-OH is 1. The molecule has 0 spiro atoms. The van der Waals surface area contributed by atoms with Crippen molar-refractivity contribution in [1.82, 2.24) is 0 Å². The number of carboxylic acid groups (broad SMARTS) is 1. The van der Waals surface area contributed by atoms with Gasteiger partial charge in [-0.15, -0.1) is 0 Å². The number of carbonyl (C=O) groups is 2. The Morgan fingerprint density at radius 1 is 1.27 bits per heavy atom. The van der Waals surface area contributed by atoms with E-state index in [4.69, 9.17) is 26.9 Å². The van der Waals surface area contributed by atoms with Crippen LogP contribution in [0.5, 0.6) is 5.75 Å². The summed E-state index contributed by atoms with van der Waals surface area (Å²) in [6.07, 6.45) is 6.52. The fourth-order valence-electron chi connectivity index (χ4n) is 3.82. The molecule has 3 rings (SSSR count). The molecule has 0 radical (unpaired) electrons. The third-order valence-corrected chi connectivity index (χ3v) is 6.58. The molecule has 0 aliphatic heterocycles. The Kier molecular flexibility index (Phi) is 10.00. The van der Waals surface area contributed by atoms with Gasteiger partial charge in [0.15, 0.2) is 0 Å². The van der Waals surface area contributed by atoms with E-state index in [0.717, 1.165) is 24.0 Å². The first-order valence-electron chi connectivity index (χ1n) is 11.7. The van der Waals surface area contributed by atoms with E-state index in [1.807, 2.05) is 19.1 Å². The molecule has 2 aromatic carbocycles. The van der Waals surface area contributed by atoms with Crippen LogP contribution in [0, 0.1) is 18.3 Å². The summed E-state index contributed by atoms with van der Waals surface area (Å²) in [6.45, 7) is 1.84. The van der Waals surface area contributed by atoms with Crippen LogP contribution >= 0.6 is 24.2 Å². The molecule has 0 bridgehead atoms. The Bertz CT molecular complexity index is 1260. The maximum atomic E-state index is 11.1. The van der Waals surface area contributed by atoms with Gasteiger partial charge < -0.3 is 20.3 Å². The zero-order valence-electron chi connectivity index (χ0n) is 20.3. The highest BCUT2D eigenvalue weighted by Gasteiger charge is 2.31. The van der Waals surface area contributed by atoms with Crippen molar-refractivity contribution in [2.24, 2.45) is 5.92 Å². The number of hydrogen-bond acceptors (Lipinski definition) is 6. The van der Waals surface area contributed by atoms with Crippen molar-refractivity contribution >= 4 is 48.0 Å². The van der Waals surface area contributed by atoms with Crippen LogP contribution in [0.4, 0.5) is 5.69 Å². The number of allylic oxidation sites excluding steroid dienone is 2. The summed E-state index contributed by atoms with van der Waals surface area (Å²) in [6, 6.07) is 10.6. The average Bonchev–Trinajstić information content (AvgIpc) is 3.71. The lowest BCUT2D eigenvalue weighted by Crippen LogP contribution is -2.17. The number of halogens is 1. The van der Waals surface area contributed by atoms with Gasteiger partial charge in [-0.1, -0.05) is 35.9 Å². The minimum Gasteiger partial charge on any atom is -0.512 e. The number of aliphatic carboxylic acids is 1. The highest BCUT2D eigenvalue weighted by atomic mass is 35.5. The molecule has 1 aliphatic carbocycles. The Labute approximate surface area is 226 Å². The summed E-state index contributed by atoms with van der Waals surface area (Å²) < 4.78 is 6.02. The van der Waals surface area contributed by atoms with Crippen molar-refractivity contribution in [3.63, 3.8) is 0 Å². The summed E-state index contributed by atoms with van der Waals surface area (Å²) >= 11 is 10.3. The molecule has 4 N–H and O–H groups in total. The van der Waals surface area contributed by atoms with Crippen molar-refractivity contribution in [3.05, 3.63) is 92.6 Å². The molecular formula is C28H29ClN2O5S. The molecule has 7 nitrogen and oxygen atoms in total. The Morgan fingerprint density at radius 3 is 2.65 bits per heavy atom. The lowest BCUT2D eigenvalue weighted by molar-refractivity contribution is -0.132. The summed E-state index contributed by atoms with van der Waals surface area (Å²) in [5.74, 6) is -0.395. The van der Waals surface area contributed by atoms with Gasteiger partial charge in [-0.05, 0) is 73.4 Å². The van der Waals surface area contributed by atoms with Crippen LogP contribution in [0.15, 0.2) is 70.9 Å². The molecule has 9 heteroatoms. The minimum atomic E-state index is -1.07. The van der Waals surface area contributed by atoms with Crippen molar-refractivity contribution < 1.29 is 24.5 Å². The first kappa shape index (κ1) is 28.1. The molecule has 2 aromatic rings. The normalized spacial score (nSPS) is 14.3. The fourth-order valence-corrected chi connectivity index (χ4v) is 4.33. The zero-order valence-corrected chi connectivity index (χ0v) is 22.0. The summed E-state index contributed by atoms with van der Waals surface area (Å²) in [5, 5.41) is 33.1. The minimum absolute atomic E-state index is 0.0188. The molecule has 0 unspecified atom stereocenters. The topological polar surface area (TPSA) is 120 Å². The van der Waals surface area contributed by atoms with E-state index < -0.39 is 5.97 Å². The average molecular weight is 541 g/mol. The van der Waals surface area contributed by atoms with E-state index in [1.54, 1.807) is 30.3 Å². The van der Waals surface area contributed by atoms with Gasteiger partial charge in [0, 0.05) is 17.2 Å². The Morgan fingerprint density at radius 2 is 2.03 bits per heavy atom. The molecule has 1 fully saturated rings. The summed E-state index contributed by atoms with van der Waals surface area (Å²) in [4.78, 5) is 22.2. The predicted molar refractivity (Wildman–Crippen MR) is 149 cm³/mol. The van der Waals surface area contributed by atoms with Crippen LogP contribution in [0.2, 0.25) is 5.02 Å². The Balaban J connectivity index is 1.80. The van der Waals surface area contributed by atoms with Gasteiger partial charge in [0.2, 0.25) is 6.41 Å². The van der Waals surface area contributed by atoms with Crippen LogP contribution < -0.4 is 10.1 Å². The van der Waals surface area contributed by atoms with Crippen LogP contribution in [0.1, 0.15) is 36.0 Å². The van der Waals surface area contributed by atoms with Gasteiger partial charge in [-0.3, -0.25) is 10.2 Å². The number of aryl methyl sites for hydroxylation is 2. The second-order valence-corrected chi connectivity index (χ2v) is 9.31. The van der Waals surface area contributed by atoms with Crippen molar-refractivity contribution in [1.29, 1.82) is 5.41 Å². The van der Waals surface area contributed by atoms with Crippen LogP contribution in [0.25, 0.3) is 0 Å². The molecule has 1 amide bonds. The van der Waals surface area contributed by atoms with E-state index in [9.17, 15) is 14.7 Å². The quantitative estimate of drug-likeness (QED) is 0.0512. The van der Waals surface area contributed by atoms with Crippen LogP contribution in [-0.4, -0.2) is 34.9 Å². The Hall–Kier alpha value is -3.49. The van der Waals surface area contributed by atoms with E-state index >= 15 is 0 Å². The van der Waals surface area contributed by atoms with Gasteiger partial charge in [0.1, 0.15) is 18.1 Å². The lowest BCUT2D eigenvalue weighted by Gasteiger charge is -2.17. The molecule has 0 saturated heterocycles. The van der Waals surface area contributed by atoms with Crippen LogP contribution in [0.3, 0.4) is 0 Å². The number of amides is 1. The number of thiol groups is 1. The molecule has 37 heavy (non-hydrogen) atoms. The van der Waals surface area contributed by atoms with Crippen molar-refractivity contribution in [2.45, 2.75) is 32.6 Å². The first-order valence-corrected chi connectivity index (χ1v) is 12.6. The first-order chi connectivity index (χ1) is 17.8. The maximum Gasteiger partial charge on any atom is 0.336 e. The number of anilines is 1. The van der Waals surface area contributed by atoms with E-state index in [-0.39, 0.29) is 29.6 Å². The summed E-state index contributed by atoms with van der Waals surface area (Å²) in [5.41, 5.74) is 3.37. The lowest BCUT2D eigenvalue weighted by atomic mass is 9.96. The molecular weight excluding hydrogens is 512 g/mol. The highest BCUT2D eigenvalue weighted by Crippen LogP contribution is 2.38. The maximum absolute atomic E-state index is 11.1. The van der Waals surface area contributed by atoms with Crippen molar-refractivity contribution in [2.75, 3.05) is 11.9 Å². The largest absolute Gasteiger partial charge is 0.512 e. The highest BCUT2D eigenvalue weighted by molar-refractivity contribution is 7.83. The van der Waals surface area contributed by atoms with E-state index in [2.05, 4.69) is 17.9 Å². The predicted octanol–water partition coefficient (Wildman–Crippen LogP) is 6.27. The van der Waals surface area contributed by atoms with E-state index in [0.29, 0.717) is 46.8 Å². The van der Waals surface area contributed by atoms with Crippen molar-refractivity contribution in [3.8, 4) is 5.75 Å². The number of ether oxygens (including phenoxy) is 1. The van der Waals surface area contributed by atoms with Gasteiger partial charge in [-0.25, -0.2) is 4.79 Å². The van der Waals surface area contributed by atoms with Crippen LogP contribution in [-0.2, 0) is 16.0 Å². The summed E-state index contributed by atoms with van der Waals surface area (Å²) in [7, 11) is 0. The fraction of sp³-hybridized carbons (Fsp3) is 0.250. The third-order valence-electron chi connectivity index (χ3n) is 5.99. The smallest absolute Gasteiger partial charge is 0.336 e. The molecule has 1 aliphatic rings. The molecule has 194 valence electrons. The third kappa shape index (κ3) is 7.50. The standard InChI is InChI=1S/C28H29ClN2O5S/c1-17-5-4-8-23(29)25(17)26(30)22(27(33)18-9-10-18)14-36-21-11-12-24(31-16-32)19(13-21)6-2-3-7-20(15-37)28(34)35/h3-5,7-8,11-13,15-16,18,30,33,37H,2,6,9-10,14H2,1H3,(H,31,32)(H,34,35)/b7-3+,20-15+,27-22-,30-26?. The van der Waals surface area contributed by atoms with Gasteiger partial charge in [-0.2, -0.15) is 12.6 Å². The second kappa shape index (κ2) is 13.2. The number of carbonyl (C=O) groups excluding carboxylic acids is 1. The SMILES string of the molecule is Cc1cccc(Cl)c1C(=N)/C(COc1ccc(NC=O)c(CC/C=C/C(=C\S)C(=O)O)c1)=C(\O)C1CC1. The number of rotatable bonds is 13. The van der Waals surface area contributed by atoms with E-state index in [1.165, 1.54) is 11.5 Å². The molecule has 0 atom stereocenters. The van der Waals surface area contributed by atoms with Gasteiger partial charge in [0.25, 0.3) is 0 Å². The molecule has 1 saturated carbocycles. The number of nitrogens with one attached hydrogen (secondary N) is 2. The van der Waals surface area contributed by atoms with Gasteiger partial charge in [0.05, 0.1) is 21.9 Å². The molecule has 0 aromatic heterocycles. The number of aliphatic hydroxyl groups is 1.